The first-order valence-corrected chi connectivity index (χ1v) is 7.33. The van der Waals surface area contributed by atoms with Crippen molar-refractivity contribution in [2.45, 2.75) is 12.0 Å². The molecule has 3 rings (SSSR count). The van der Waals surface area contributed by atoms with Crippen molar-refractivity contribution in [3.8, 4) is 0 Å². The van der Waals surface area contributed by atoms with Crippen LogP contribution in [0.3, 0.4) is 0 Å². The van der Waals surface area contributed by atoms with E-state index in [4.69, 9.17) is 5.73 Å². The molecule has 1 saturated heterocycles. The Kier molecular flexibility index (Phi) is 3.81. The largest absolute Gasteiger partial charge is 0.336 e. The minimum atomic E-state index is -0.128. The summed E-state index contributed by atoms with van der Waals surface area (Å²) in [5.74, 6) is 0.0714. The van der Waals surface area contributed by atoms with Gasteiger partial charge in [0.15, 0.2) is 0 Å². The van der Waals surface area contributed by atoms with E-state index in [-0.39, 0.29) is 23.4 Å². The Morgan fingerprint density at radius 2 is 1.86 bits per heavy atom. The number of rotatable bonds is 2. The number of aryl methyl sites for hydroxylation is 1. The van der Waals surface area contributed by atoms with Gasteiger partial charge in [-0.25, -0.2) is 0 Å². The minimum Gasteiger partial charge on any atom is -0.336 e. The lowest BCUT2D eigenvalue weighted by Gasteiger charge is -2.17. The van der Waals surface area contributed by atoms with Gasteiger partial charge in [-0.05, 0) is 11.6 Å². The number of likely N-dealkylation sites (tertiary alicyclic amines) is 1. The van der Waals surface area contributed by atoms with Crippen molar-refractivity contribution in [3.05, 3.63) is 70.1 Å². The lowest BCUT2D eigenvalue weighted by atomic mass is 9.95. The molecule has 22 heavy (non-hydrogen) atoms. The van der Waals surface area contributed by atoms with Crippen LogP contribution in [0.2, 0.25) is 0 Å². The van der Waals surface area contributed by atoms with Gasteiger partial charge in [0.25, 0.3) is 5.91 Å². The van der Waals surface area contributed by atoms with E-state index in [0.717, 1.165) is 5.56 Å². The number of nitrogens with two attached hydrogens (primary N) is 1. The fourth-order valence-corrected chi connectivity index (χ4v) is 2.95. The Balaban J connectivity index is 1.80. The summed E-state index contributed by atoms with van der Waals surface area (Å²) in [6.07, 6.45) is 1.58. The molecule has 1 aromatic carbocycles. The monoisotopic (exact) mass is 297 g/mol. The van der Waals surface area contributed by atoms with Gasteiger partial charge >= 0.3 is 0 Å². The van der Waals surface area contributed by atoms with Gasteiger partial charge in [0.1, 0.15) is 0 Å². The Labute approximate surface area is 129 Å². The first kappa shape index (κ1) is 14.5. The molecule has 1 aliphatic heterocycles. The van der Waals surface area contributed by atoms with Gasteiger partial charge in [-0.2, -0.15) is 0 Å². The van der Waals surface area contributed by atoms with Crippen molar-refractivity contribution in [3.63, 3.8) is 0 Å². The van der Waals surface area contributed by atoms with Crippen LogP contribution in [0.15, 0.2) is 53.5 Å². The summed E-state index contributed by atoms with van der Waals surface area (Å²) in [7, 11) is 1.64. The SMILES string of the molecule is Cn1cc(C(=O)N2C[C@@H](N)[C@H](c3ccccc3)C2)ccc1=O. The van der Waals surface area contributed by atoms with Crippen LogP contribution in [-0.4, -0.2) is 34.5 Å². The molecule has 1 amide bonds. The molecular formula is C17H19N3O2. The van der Waals surface area contributed by atoms with Crippen LogP contribution in [0, 0.1) is 0 Å². The van der Waals surface area contributed by atoms with Gasteiger partial charge in [0.2, 0.25) is 5.56 Å². The van der Waals surface area contributed by atoms with Gasteiger partial charge in [0, 0.05) is 44.4 Å². The number of hydrogen-bond acceptors (Lipinski definition) is 3. The molecule has 1 fully saturated rings. The van der Waals surface area contributed by atoms with Crippen LogP contribution in [-0.2, 0) is 7.05 Å². The van der Waals surface area contributed by atoms with Gasteiger partial charge < -0.3 is 15.2 Å². The quantitative estimate of drug-likeness (QED) is 0.897. The minimum absolute atomic E-state index is 0.0705. The first-order chi connectivity index (χ1) is 10.6. The second-order valence-electron chi connectivity index (χ2n) is 5.76. The van der Waals surface area contributed by atoms with Gasteiger partial charge in [-0.1, -0.05) is 30.3 Å². The van der Waals surface area contributed by atoms with Crippen molar-refractivity contribution < 1.29 is 4.79 Å². The van der Waals surface area contributed by atoms with Crippen molar-refractivity contribution in [2.75, 3.05) is 13.1 Å². The summed E-state index contributed by atoms with van der Waals surface area (Å²) < 4.78 is 1.41. The maximum Gasteiger partial charge on any atom is 0.255 e. The lowest BCUT2D eigenvalue weighted by molar-refractivity contribution is 0.0788. The molecule has 5 nitrogen and oxygen atoms in total. The predicted octanol–water partition coefficient (Wildman–Crippen LogP) is 0.952. The third-order valence-corrected chi connectivity index (χ3v) is 4.21. The average Bonchev–Trinajstić information content (AvgIpc) is 2.92. The van der Waals surface area contributed by atoms with Crippen LogP contribution in [0.5, 0.6) is 0 Å². The molecule has 114 valence electrons. The Morgan fingerprint density at radius 1 is 1.14 bits per heavy atom. The number of benzene rings is 1. The number of aromatic nitrogens is 1. The normalized spacial score (nSPS) is 21.1. The zero-order valence-corrected chi connectivity index (χ0v) is 12.5. The number of hydrogen-bond donors (Lipinski definition) is 1. The number of carbonyl (C=O) groups is 1. The summed E-state index contributed by atoms with van der Waals surface area (Å²) >= 11 is 0. The average molecular weight is 297 g/mol. The second kappa shape index (κ2) is 5.77. The van der Waals surface area contributed by atoms with Crippen LogP contribution >= 0.6 is 0 Å². The molecule has 1 aromatic heterocycles. The molecule has 0 spiro atoms. The highest BCUT2D eigenvalue weighted by Gasteiger charge is 2.34. The standard InChI is InChI=1S/C17H19N3O2/c1-19-9-13(7-8-16(19)21)17(22)20-10-14(15(18)11-20)12-5-3-2-4-6-12/h2-9,14-15H,10-11,18H2,1H3/t14-,15+/m0/s1. The third kappa shape index (κ3) is 2.67. The molecule has 0 saturated carbocycles. The number of carbonyl (C=O) groups excluding carboxylic acids is 1. The zero-order valence-electron chi connectivity index (χ0n) is 12.5. The maximum absolute atomic E-state index is 12.6. The molecule has 0 bridgehead atoms. The lowest BCUT2D eigenvalue weighted by Crippen LogP contribution is -2.32. The third-order valence-electron chi connectivity index (χ3n) is 4.21. The molecule has 2 N–H and O–H groups in total. The predicted molar refractivity (Wildman–Crippen MR) is 84.7 cm³/mol. The van der Waals surface area contributed by atoms with Crippen molar-refractivity contribution in [2.24, 2.45) is 12.8 Å². The molecule has 2 aromatic rings. The van der Waals surface area contributed by atoms with Crippen LogP contribution < -0.4 is 11.3 Å². The van der Waals surface area contributed by atoms with E-state index in [0.29, 0.717) is 18.7 Å². The smallest absolute Gasteiger partial charge is 0.255 e. The summed E-state index contributed by atoms with van der Waals surface area (Å²) in [4.78, 5) is 25.8. The molecule has 2 atom stereocenters. The topological polar surface area (TPSA) is 68.3 Å². The molecule has 2 heterocycles. The zero-order chi connectivity index (χ0) is 15.7. The fourth-order valence-electron chi connectivity index (χ4n) is 2.95. The van der Waals surface area contributed by atoms with Gasteiger partial charge in [0.05, 0.1) is 5.56 Å². The maximum atomic E-state index is 12.6. The summed E-state index contributed by atoms with van der Waals surface area (Å²) in [5, 5.41) is 0. The summed E-state index contributed by atoms with van der Waals surface area (Å²) in [6.45, 7) is 1.13. The second-order valence-corrected chi connectivity index (χ2v) is 5.76. The van der Waals surface area contributed by atoms with E-state index in [9.17, 15) is 9.59 Å². The van der Waals surface area contributed by atoms with Crippen molar-refractivity contribution in [1.82, 2.24) is 9.47 Å². The molecule has 0 aliphatic carbocycles. The van der Waals surface area contributed by atoms with E-state index in [2.05, 4.69) is 0 Å². The Bertz CT molecular complexity index is 739. The van der Waals surface area contributed by atoms with Crippen molar-refractivity contribution >= 4 is 5.91 Å². The number of pyridine rings is 1. The molecule has 0 unspecified atom stereocenters. The van der Waals surface area contributed by atoms with Crippen LogP contribution in [0.25, 0.3) is 0 Å². The van der Waals surface area contributed by atoms with E-state index >= 15 is 0 Å². The molecule has 5 heteroatoms. The molecule has 1 aliphatic rings. The van der Waals surface area contributed by atoms with Gasteiger partial charge in [-0.15, -0.1) is 0 Å². The fraction of sp³-hybridized carbons (Fsp3) is 0.294. The van der Waals surface area contributed by atoms with E-state index in [1.807, 2.05) is 30.3 Å². The van der Waals surface area contributed by atoms with Gasteiger partial charge in [-0.3, -0.25) is 9.59 Å². The number of nitrogens with zero attached hydrogens (tertiary/aromatic N) is 2. The number of amides is 1. The van der Waals surface area contributed by atoms with Crippen molar-refractivity contribution in [1.29, 1.82) is 0 Å². The van der Waals surface area contributed by atoms with E-state index in [1.165, 1.54) is 10.6 Å². The first-order valence-electron chi connectivity index (χ1n) is 7.33. The molecular weight excluding hydrogens is 278 g/mol. The van der Waals surface area contributed by atoms with Crippen LogP contribution in [0.4, 0.5) is 0 Å². The summed E-state index contributed by atoms with van der Waals surface area (Å²) in [6, 6.07) is 13.0. The van der Waals surface area contributed by atoms with E-state index < -0.39 is 0 Å². The summed E-state index contributed by atoms with van der Waals surface area (Å²) in [5.41, 5.74) is 7.77. The highest BCUT2D eigenvalue weighted by molar-refractivity contribution is 5.94. The highest BCUT2D eigenvalue weighted by atomic mass is 16.2. The van der Waals surface area contributed by atoms with Crippen LogP contribution in [0.1, 0.15) is 21.8 Å². The molecule has 0 radical (unpaired) electrons. The Morgan fingerprint density at radius 3 is 2.55 bits per heavy atom. The van der Waals surface area contributed by atoms with E-state index in [1.54, 1.807) is 24.2 Å². The Hall–Kier alpha value is -2.40. The highest BCUT2D eigenvalue weighted by Crippen LogP contribution is 2.27.